The first-order chi connectivity index (χ1) is 13.1. The lowest BCUT2D eigenvalue weighted by molar-refractivity contribution is -0.150. The summed E-state index contributed by atoms with van der Waals surface area (Å²) < 4.78 is 33.3. The minimum atomic E-state index is -3.80. The maximum atomic E-state index is 12.7. The molecule has 0 unspecified atom stereocenters. The number of aliphatic hydroxyl groups excluding tert-OH is 1. The topological polar surface area (TPSA) is 92.7 Å². The van der Waals surface area contributed by atoms with Gasteiger partial charge >= 0.3 is 5.97 Å². The van der Waals surface area contributed by atoms with Crippen LogP contribution in [0.5, 0.6) is 0 Å². The molecule has 0 bridgehead atoms. The third-order valence-electron chi connectivity index (χ3n) is 4.04. The predicted octanol–water partition coefficient (Wildman–Crippen LogP) is 3.57. The Morgan fingerprint density at radius 1 is 1.17 bits per heavy atom. The zero-order chi connectivity index (χ0) is 22.6. The van der Waals surface area contributed by atoms with E-state index in [1.54, 1.807) is 46.8 Å². The first kappa shape index (κ1) is 25.3. The van der Waals surface area contributed by atoms with Crippen molar-refractivity contribution in [2.45, 2.75) is 78.4 Å². The lowest BCUT2D eigenvalue weighted by Gasteiger charge is -2.22. The average molecular weight is 426 g/mol. The van der Waals surface area contributed by atoms with Gasteiger partial charge in [0.1, 0.15) is 5.60 Å². The standard InChI is InChI=1S/C22H35NO5S/c1-14(2)9-18(21(25)28-22(6,7)8)12-19(24)13-23-29(26,27)20-16(4)10-15(3)11-17(20)5/h10-12,14,19,23-24H,9,13H2,1-8H3/t19-/m0/s1. The Bertz CT molecular complexity index is 841. The molecule has 6 nitrogen and oxygen atoms in total. The largest absolute Gasteiger partial charge is 0.457 e. The Hall–Kier alpha value is -1.70. The van der Waals surface area contributed by atoms with Crippen molar-refractivity contribution in [3.8, 4) is 0 Å². The van der Waals surface area contributed by atoms with Gasteiger partial charge in [-0.2, -0.15) is 0 Å². The first-order valence-electron chi connectivity index (χ1n) is 9.82. The van der Waals surface area contributed by atoms with Gasteiger partial charge in [-0.15, -0.1) is 0 Å². The first-order valence-corrected chi connectivity index (χ1v) is 11.3. The molecule has 1 atom stereocenters. The highest BCUT2D eigenvalue weighted by molar-refractivity contribution is 7.89. The molecule has 0 fully saturated rings. The lowest BCUT2D eigenvalue weighted by atomic mass is 10.0. The zero-order valence-electron chi connectivity index (χ0n) is 18.8. The molecule has 0 spiro atoms. The molecule has 164 valence electrons. The van der Waals surface area contributed by atoms with Crippen LogP contribution in [0.25, 0.3) is 0 Å². The summed E-state index contributed by atoms with van der Waals surface area (Å²) in [6.45, 7) is 14.4. The SMILES string of the molecule is Cc1cc(C)c(S(=O)(=O)NC[C@@H](O)C=C(CC(C)C)C(=O)OC(C)(C)C)c(C)c1. The van der Waals surface area contributed by atoms with Crippen molar-refractivity contribution in [3.05, 3.63) is 40.5 Å². The van der Waals surface area contributed by atoms with Crippen molar-refractivity contribution in [1.29, 1.82) is 0 Å². The Balaban J connectivity index is 3.00. The van der Waals surface area contributed by atoms with Crippen LogP contribution >= 0.6 is 0 Å². The van der Waals surface area contributed by atoms with Crippen LogP contribution in [-0.2, 0) is 19.6 Å². The van der Waals surface area contributed by atoms with Crippen LogP contribution in [0.15, 0.2) is 28.7 Å². The van der Waals surface area contributed by atoms with E-state index in [-0.39, 0.29) is 17.4 Å². The van der Waals surface area contributed by atoms with Crippen molar-refractivity contribution in [1.82, 2.24) is 4.72 Å². The Kier molecular flexibility index (Phi) is 8.62. The number of benzene rings is 1. The molecule has 0 aliphatic heterocycles. The second-order valence-electron chi connectivity index (χ2n) is 8.94. The monoisotopic (exact) mass is 425 g/mol. The van der Waals surface area contributed by atoms with E-state index in [9.17, 15) is 18.3 Å². The van der Waals surface area contributed by atoms with E-state index in [0.29, 0.717) is 23.1 Å². The molecule has 1 aromatic rings. The van der Waals surface area contributed by atoms with Crippen molar-refractivity contribution < 1.29 is 23.1 Å². The molecule has 1 rings (SSSR count). The summed E-state index contributed by atoms with van der Waals surface area (Å²) in [5.41, 5.74) is 1.96. The molecule has 0 radical (unpaired) electrons. The fraction of sp³-hybridized carbons (Fsp3) is 0.591. The highest BCUT2D eigenvalue weighted by atomic mass is 32.2. The molecule has 0 saturated carbocycles. The van der Waals surface area contributed by atoms with Gasteiger partial charge in [0.05, 0.1) is 11.0 Å². The summed E-state index contributed by atoms with van der Waals surface area (Å²) in [5.74, 6) is -0.325. The number of sulfonamides is 1. The van der Waals surface area contributed by atoms with Gasteiger partial charge in [-0.05, 0) is 71.1 Å². The van der Waals surface area contributed by atoms with E-state index >= 15 is 0 Å². The van der Waals surface area contributed by atoms with Gasteiger partial charge in [-0.25, -0.2) is 17.9 Å². The number of hydrogen-bond donors (Lipinski definition) is 2. The highest BCUT2D eigenvalue weighted by Crippen LogP contribution is 2.22. The predicted molar refractivity (Wildman–Crippen MR) is 115 cm³/mol. The summed E-state index contributed by atoms with van der Waals surface area (Å²) >= 11 is 0. The summed E-state index contributed by atoms with van der Waals surface area (Å²) in [7, 11) is -3.80. The molecular weight excluding hydrogens is 390 g/mol. The molecule has 0 saturated heterocycles. The second kappa shape index (κ2) is 9.87. The van der Waals surface area contributed by atoms with Crippen molar-refractivity contribution in [3.63, 3.8) is 0 Å². The van der Waals surface area contributed by atoms with Crippen LogP contribution in [0.1, 0.15) is 57.7 Å². The van der Waals surface area contributed by atoms with Crippen LogP contribution in [-0.4, -0.2) is 37.7 Å². The van der Waals surface area contributed by atoms with Crippen LogP contribution < -0.4 is 4.72 Å². The fourth-order valence-electron chi connectivity index (χ4n) is 3.15. The van der Waals surface area contributed by atoms with Crippen LogP contribution in [0.2, 0.25) is 0 Å². The normalized spacial score (nSPS) is 14.2. The van der Waals surface area contributed by atoms with Gasteiger partial charge < -0.3 is 9.84 Å². The molecule has 1 aromatic carbocycles. The molecule has 0 aromatic heterocycles. The molecule has 7 heteroatoms. The number of hydrogen-bond acceptors (Lipinski definition) is 5. The average Bonchev–Trinajstić information content (AvgIpc) is 2.49. The number of ether oxygens (including phenoxy) is 1. The molecule has 0 heterocycles. The van der Waals surface area contributed by atoms with E-state index in [4.69, 9.17) is 4.74 Å². The highest BCUT2D eigenvalue weighted by Gasteiger charge is 2.23. The Labute approximate surface area is 175 Å². The molecule has 2 N–H and O–H groups in total. The third kappa shape index (κ3) is 8.28. The van der Waals surface area contributed by atoms with Gasteiger partial charge in [0, 0.05) is 12.1 Å². The van der Waals surface area contributed by atoms with Crippen LogP contribution in [0.3, 0.4) is 0 Å². The van der Waals surface area contributed by atoms with E-state index in [1.165, 1.54) is 6.08 Å². The number of aliphatic hydroxyl groups is 1. The van der Waals surface area contributed by atoms with E-state index in [2.05, 4.69) is 4.72 Å². The van der Waals surface area contributed by atoms with Crippen LogP contribution in [0, 0.1) is 26.7 Å². The minimum Gasteiger partial charge on any atom is -0.457 e. The van der Waals surface area contributed by atoms with E-state index < -0.39 is 27.7 Å². The minimum absolute atomic E-state index is 0.176. The lowest BCUT2D eigenvalue weighted by Crippen LogP contribution is -2.33. The van der Waals surface area contributed by atoms with Gasteiger partial charge in [0.15, 0.2) is 0 Å². The molecule has 0 amide bonds. The van der Waals surface area contributed by atoms with E-state index in [0.717, 1.165) is 5.56 Å². The van der Waals surface area contributed by atoms with Gasteiger partial charge in [-0.1, -0.05) is 31.5 Å². The summed E-state index contributed by atoms with van der Waals surface area (Å²) in [5, 5.41) is 10.4. The van der Waals surface area contributed by atoms with Gasteiger partial charge in [-0.3, -0.25) is 0 Å². The Morgan fingerprint density at radius 3 is 2.14 bits per heavy atom. The smallest absolute Gasteiger partial charge is 0.334 e. The van der Waals surface area contributed by atoms with E-state index in [1.807, 2.05) is 20.8 Å². The number of rotatable bonds is 8. The zero-order valence-corrected chi connectivity index (χ0v) is 19.6. The van der Waals surface area contributed by atoms with Gasteiger partial charge in [0.2, 0.25) is 10.0 Å². The van der Waals surface area contributed by atoms with Crippen molar-refractivity contribution in [2.24, 2.45) is 5.92 Å². The maximum Gasteiger partial charge on any atom is 0.334 e. The summed E-state index contributed by atoms with van der Waals surface area (Å²) in [6.07, 6.45) is 0.650. The molecule has 0 aliphatic rings. The number of carbonyl (C=O) groups is 1. The van der Waals surface area contributed by atoms with Crippen molar-refractivity contribution in [2.75, 3.05) is 6.54 Å². The number of nitrogens with one attached hydrogen (secondary N) is 1. The fourth-order valence-corrected chi connectivity index (χ4v) is 4.65. The van der Waals surface area contributed by atoms with Crippen LogP contribution in [0.4, 0.5) is 0 Å². The molecule has 0 aliphatic carbocycles. The Morgan fingerprint density at radius 2 is 1.69 bits per heavy atom. The van der Waals surface area contributed by atoms with Crippen molar-refractivity contribution >= 4 is 16.0 Å². The third-order valence-corrected chi connectivity index (χ3v) is 5.77. The number of aryl methyl sites for hydroxylation is 3. The maximum absolute atomic E-state index is 12.7. The number of carbonyl (C=O) groups excluding carboxylic acids is 1. The summed E-state index contributed by atoms with van der Waals surface area (Å²) in [4.78, 5) is 12.6. The number of esters is 1. The molecular formula is C22H35NO5S. The molecule has 29 heavy (non-hydrogen) atoms. The van der Waals surface area contributed by atoms with Gasteiger partial charge in [0.25, 0.3) is 0 Å². The summed E-state index contributed by atoms with van der Waals surface area (Å²) in [6, 6.07) is 3.61. The quantitative estimate of drug-likeness (QED) is 0.491. The second-order valence-corrected chi connectivity index (χ2v) is 10.6.